The largest absolute Gasteiger partial charge is 0.356 e. The van der Waals surface area contributed by atoms with Crippen molar-refractivity contribution < 1.29 is 0 Å². The van der Waals surface area contributed by atoms with Crippen molar-refractivity contribution >= 4 is 33.5 Å². The highest BCUT2D eigenvalue weighted by Crippen LogP contribution is 2.21. The molecule has 1 aromatic heterocycles. The summed E-state index contributed by atoms with van der Waals surface area (Å²) in [6.45, 7) is 4.31. The van der Waals surface area contributed by atoms with Crippen LogP contribution in [0.1, 0.15) is 12.1 Å². The quantitative estimate of drug-likeness (QED) is 0.789. The summed E-state index contributed by atoms with van der Waals surface area (Å²) in [5, 5.41) is 0. The molecule has 1 saturated heterocycles. The number of aryl methyl sites for hydroxylation is 1. The molecule has 15 heavy (non-hydrogen) atoms. The second-order valence-corrected chi connectivity index (χ2v) is 5.77. The van der Waals surface area contributed by atoms with Crippen molar-refractivity contribution in [1.82, 2.24) is 4.98 Å². The van der Waals surface area contributed by atoms with Crippen molar-refractivity contribution in [2.24, 2.45) is 0 Å². The predicted molar refractivity (Wildman–Crippen MR) is 70.8 cm³/mol. The third kappa shape index (κ3) is 2.88. The second-order valence-electron chi connectivity index (χ2n) is 3.69. The number of anilines is 1. The number of hydrogen-bond acceptors (Lipinski definition) is 3. The van der Waals surface area contributed by atoms with E-state index in [2.05, 4.69) is 37.9 Å². The van der Waals surface area contributed by atoms with Gasteiger partial charge in [-0.15, -0.1) is 0 Å². The van der Waals surface area contributed by atoms with E-state index in [4.69, 9.17) is 0 Å². The molecule has 0 atom stereocenters. The number of halogens is 1. The SMILES string of the molecule is Cc1nc(N2CCCSCC2)ccc1Br. The van der Waals surface area contributed by atoms with Gasteiger partial charge in [-0.2, -0.15) is 11.8 Å². The van der Waals surface area contributed by atoms with E-state index in [0.717, 1.165) is 29.1 Å². The Labute approximate surface area is 104 Å². The molecule has 0 N–H and O–H groups in total. The first-order valence-corrected chi connectivity index (χ1v) is 7.18. The van der Waals surface area contributed by atoms with Gasteiger partial charge in [0.2, 0.25) is 0 Å². The molecular formula is C11H15BrN2S. The standard InChI is InChI=1S/C11H15BrN2S/c1-9-10(12)3-4-11(13-9)14-5-2-7-15-8-6-14/h3-4H,2,5-8H2,1H3. The molecule has 0 unspecified atom stereocenters. The Morgan fingerprint density at radius 3 is 3.00 bits per heavy atom. The van der Waals surface area contributed by atoms with E-state index in [1.807, 2.05) is 18.7 Å². The van der Waals surface area contributed by atoms with Crippen molar-refractivity contribution in [3.05, 3.63) is 22.3 Å². The van der Waals surface area contributed by atoms with Gasteiger partial charge in [-0.1, -0.05) is 0 Å². The van der Waals surface area contributed by atoms with Crippen molar-refractivity contribution in [2.75, 3.05) is 29.5 Å². The summed E-state index contributed by atoms with van der Waals surface area (Å²) in [7, 11) is 0. The minimum absolute atomic E-state index is 1.07. The normalized spacial score (nSPS) is 17.6. The molecule has 4 heteroatoms. The minimum Gasteiger partial charge on any atom is -0.356 e. The molecule has 0 aromatic carbocycles. The summed E-state index contributed by atoms with van der Waals surface area (Å²) in [6.07, 6.45) is 1.27. The maximum atomic E-state index is 4.61. The highest BCUT2D eigenvalue weighted by molar-refractivity contribution is 9.10. The van der Waals surface area contributed by atoms with Gasteiger partial charge >= 0.3 is 0 Å². The van der Waals surface area contributed by atoms with Crippen molar-refractivity contribution in [3.8, 4) is 0 Å². The van der Waals surface area contributed by atoms with Gasteiger partial charge in [-0.25, -0.2) is 4.98 Å². The van der Waals surface area contributed by atoms with Crippen LogP contribution in [0.4, 0.5) is 5.82 Å². The fraction of sp³-hybridized carbons (Fsp3) is 0.545. The Morgan fingerprint density at radius 1 is 1.33 bits per heavy atom. The Kier molecular flexibility index (Phi) is 3.92. The molecule has 2 nitrogen and oxygen atoms in total. The molecule has 0 spiro atoms. The van der Waals surface area contributed by atoms with E-state index in [0.29, 0.717) is 0 Å². The molecule has 2 heterocycles. The molecule has 1 aromatic rings. The molecule has 2 rings (SSSR count). The lowest BCUT2D eigenvalue weighted by Gasteiger charge is -2.21. The molecule has 0 amide bonds. The van der Waals surface area contributed by atoms with Gasteiger partial charge in [0.25, 0.3) is 0 Å². The highest BCUT2D eigenvalue weighted by atomic mass is 79.9. The van der Waals surface area contributed by atoms with Crippen LogP contribution in [0, 0.1) is 6.92 Å². The van der Waals surface area contributed by atoms with Crippen LogP contribution in [0.15, 0.2) is 16.6 Å². The Morgan fingerprint density at radius 2 is 2.20 bits per heavy atom. The molecule has 0 saturated carbocycles. The molecule has 1 aliphatic heterocycles. The number of nitrogens with zero attached hydrogens (tertiary/aromatic N) is 2. The summed E-state index contributed by atoms with van der Waals surface area (Å²) >= 11 is 5.53. The van der Waals surface area contributed by atoms with E-state index in [-0.39, 0.29) is 0 Å². The molecule has 1 fully saturated rings. The third-order valence-electron chi connectivity index (χ3n) is 2.55. The fourth-order valence-corrected chi connectivity index (χ4v) is 2.79. The van der Waals surface area contributed by atoms with Gasteiger partial charge in [0.05, 0.1) is 5.69 Å². The Hall–Kier alpha value is -0.220. The van der Waals surface area contributed by atoms with Gasteiger partial charge in [0.15, 0.2) is 0 Å². The van der Waals surface area contributed by atoms with Crippen LogP contribution >= 0.6 is 27.7 Å². The van der Waals surface area contributed by atoms with E-state index in [9.17, 15) is 0 Å². The van der Waals surface area contributed by atoms with Crippen LogP contribution in [0.3, 0.4) is 0 Å². The lowest BCUT2D eigenvalue weighted by atomic mass is 10.3. The number of rotatable bonds is 1. The van der Waals surface area contributed by atoms with Gasteiger partial charge in [-0.3, -0.25) is 0 Å². The van der Waals surface area contributed by atoms with Crippen molar-refractivity contribution in [3.63, 3.8) is 0 Å². The van der Waals surface area contributed by atoms with E-state index in [1.54, 1.807) is 0 Å². The fourth-order valence-electron chi connectivity index (χ4n) is 1.68. The first kappa shape index (κ1) is 11.3. The maximum Gasteiger partial charge on any atom is 0.128 e. The molecule has 82 valence electrons. The summed E-state index contributed by atoms with van der Waals surface area (Å²) in [4.78, 5) is 7.00. The average molecular weight is 287 g/mol. The maximum absolute atomic E-state index is 4.61. The van der Waals surface area contributed by atoms with Crippen LogP contribution in [0.5, 0.6) is 0 Å². The third-order valence-corrected chi connectivity index (χ3v) is 4.44. The first-order chi connectivity index (χ1) is 7.27. The topological polar surface area (TPSA) is 16.1 Å². The Bertz CT molecular complexity index is 335. The van der Waals surface area contributed by atoms with Gasteiger partial charge in [0.1, 0.15) is 5.82 Å². The summed E-state index contributed by atoms with van der Waals surface area (Å²) < 4.78 is 1.09. The zero-order chi connectivity index (χ0) is 10.7. The molecule has 0 bridgehead atoms. The summed E-state index contributed by atoms with van der Waals surface area (Å²) in [6, 6.07) is 4.20. The lowest BCUT2D eigenvalue weighted by molar-refractivity contribution is 0.798. The summed E-state index contributed by atoms with van der Waals surface area (Å²) in [5.41, 5.74) is 1.07. The molecular weight excluding hydrogens is 272 g/mol. The van der Waals surface area contributed by atoms with Crippen molar-refractivity contribution in [2.45, 2.75) is 13.3 Å². The van der Waals surface area contributed by atoms with Crippen LogP contribution in [0.2, 0.25) is 0 Å². The van der Waals surface area contributed by atoms with Crippen LogP contribution in [-0.4, -0.2) is 29.6 Å². The van der Waals surface area contributed by atoms with Crippen molar-refractivity contribution in [1.29, 1.82) is 0 Å². The Balaban J connectivity index is 2.16. The van der Waals surface area contributed by atoms with E-state index in [1.165, 1.54) is 17.9 Å². The molecule has 0 radical (unpaired) electrons. The smallest absolute Gasteiger partial charge is 0.128 e. The monoisotopic (exact) mass is 286 g/mol. The molecule has 1 aliphatic rings. The number of thioether (sulfide) groups is 1. The molecule has 0 aliphatic carbocycles. The van der Waals surface area contributed by atoms with Crippen LogP contribution in [-0.2, 0) is 0 Å². The lowest BCUT2D eigenvalue weighted by Crippen LogP contribution is -2.26. The van der Waals surface area contributed by atoms with Crippen LogP contribution in [0.25, 0.3) is 0 Å². The van der Waals surface area contributed by atoms with E-state index >= 15 is 0 Å². The zero-order valence-electron chi connectivity index (χ0n) is 8.87. The number of pyridine rings is 1. The highest BCUT2D eigenvalue weighted by Gasteiger charge is 2.11. The minimum atomic E-state index is 1.07. The number of hydrogen-bond donors (Lipinski definition) is 0. The van der Waals surface area contributed by atoms with Crippen LogP contribution < -0.4 is 4.90 Å². The second kappa shape index (κ2) is 5.21. The first-order valence-electron chi connectivity index (χ1n) is 5.23. The predicted octanol–water partition coefficient (Wildman–Crippen LogP) is 3.10. The van der Waals surface area contributed by atoms with Gasteiger partial charge in [0, 0.05) is 23.3 Å². The number of aromatic nitrogens is 1. The zero-order valence-corrected chi connectivity index (χ0v) is 11.3. The van der Waals surface area contributed by atoms with Gasteiger partial charge in [-0.05, 0) is 47.2 Å². The van der Waals surface area contributed by atoms with E-state index < -0.39 is 0 Å². The average Bonchev–Trinajstić information content (AvgIpc) is 2.50. The van der Waals surface area contributed by atoms with Gasteiger partial charge < -0.3 is 4.90 Å². The summed E-state index contributed by atoms with van der Waals surface area (Å²) in [5.74, 6) is 3.63.